The van der Waals surface area contributed by atoms with Gasteiger partial charge < -0.3 is 15.4 Å². The van der Waals surface area contributed by atoms with Crippen LogP contribution in [0.15, 0.2) is 18.2 Å². The number of carbonyl (C=O) groups is 1. The van der Waals surface area contributed by atoms with E-state index in [1.165, 1.54) is 0 Å². The monoisotopic (exact) mass is 248 g/mol. The summed E-state index contributed by atoms with van der Waals surface area (Å²) in [6, 6.07) is 6.10. The van der Waals surface area contributed by atoms with Crippen molar-refractivity contribution < 1.29 is 9.53 Å². The van der Waals surface area contributed by atoms with Crippen molar-refractivity contribution in [3.63, 3.8) is 0 Å². The Morgan fingerprint density at radius 1 is 1.44 bits per heavy atom. The standard InChI is InChI=1S/C14H20N2O2/c1-10-4-5-11(2)12(6-10)16(3)13(17)14(7-15)8-18-9-14/h4-6H,7-9,15H2,1-3H3. The smallest absolute Gasteiger partial charge is 0.238 e. The Kier molecular flexibility index (Phi) is 3.41. The number of nitrogens with zero attached hydrogens (tertiary/aromatic N) is 1. The maximum absolute atomic E-state index is 12.5. The fourth-order valence-corrected chi connectivity index (χ4v) is 2.22. The van der Waals surface area contributed by atoms with Gasteiger partial charge in [0.2, 0.25) is 5.91 Å². The molecule has 1 aliphatic rings. The van der Waals surface area contributed by atoms with Gasteiger partial charge in [0.1, 0.15) is 5.41 Å². The molecule has 0 bridgehead atoms. The number of anilines is 1. The second-order valence-corrected chi connectivity index (χ2v) is 5.13. The Morgan fingerprint density at radius 2 is 2.11 bits per heavy atom. The summed E-state index contributed by atoms with van der Waals surface area (Å²) >= 11 is 0. The molecule has 0 aliphatic carbocycles. The Bertz CT molecular complexity index is 461. The van der Waals surface area contributed by atoms with Crippen LogP contribution < -0.4 is 10.6 Å². The number of hydrogen-bond donors (Lipinski definition) is 1. The second kappa shape index (κ2) is 4.71. The molecule has 0 saturated carbocycles. The van der Waals surface area contributed by atoms with Gasteiger partial charge in [-0.2, -0.15) is 0 Å². The molecule has 0 unspecified atom stereocenters. The largest absolute Gasteiger partial charge is 0.379 e. The highest BCUT2D eigenvalue weighted by atomic mass is 16.5. The van der Waals surface area contributed by atoms with Gasteiger partial charge in [0, 0.05) is 19.3 Å². The highest BCUT2D eigenvalue weighted by Gasteiger charge is 2.46. The SMILES string of the molecule is Cc1ccc(C)c(N(C)C(=O)C2(CN)COC2)c1. The molecule has 1 aliphatic heterocycles. The molecule has 1 heterocycles. The summed E-state index contributed by atoms with van der Waals surface area (Å²) in [5.74, 6) is 0.0463. The fraction of sp³-hybridized carbons (Fsp3) is 0.500. The molecule has 4 nitrogen and oxygen atoms in total. The molecular formula is C14H20N2O2. The third-order valence-corrected chi connectivity index (χ3v) is 3.63. The Morgan fingerprint density at radius 3 is 2.61 bits per heavy atom. The van der Waals surface area contributed by atoms with Crippen molar-refractivity contribution in [2.75, 3.05) is 31.7 Å². The lowest BCUT2D eigenvalue weighted by atomic mass is 9.84. The first-order valence-electron chi connectivity index (χ1n) is 6.13. The van der Waals surface area contributed by atoms with Gasteiger partial charge in [0.05, 0.1) is 13.2 Å². The lowest BCUT2D eigenvalue weighted by molar-refractivity contribution is -0.156. The van der Waals surface area contributed by atoms with E-state index in [-0.39, 0.29) is 5.91 Å². The quantitative estimate of drug-likeness (QED) is 0.875. The molecule has 0 spiro atoms. The zero-order chi connectivity index (χ0) is 13.3. The van der Waals surface area contributed by atoms with Crippen LogP contribution in [0, 0.1) is 19.3 Å². The van der Waals surface area contributed by atoms with Gasteiger partial charge in [-0.1, -0.05) is 12.1 Å². The van der Waals surface area contributed by atoms with E-state index in [1.807, 2.05) is 32.0 Å². The fourth-order valence-electron chi connectivity index (χ4n) is 2.22. The highest BCUT2D eigenvalue weighted by molar-refractivity contribution is 5.98. The third kappa shape index (κ3) is 2.02. The summed E-state index contributed by atoms with van der Waals surface area (Å²) in [5, 5.41) is 0. The molecule has 2 rings (SSSR count). The highest BCUT2D eigenvalue weighted by Crippen LogP contribution is 2.31. The van der Waals surface area contributed by atoms with Crippen molar-refractivity contribution in [2.45, 2.75) is 13.8 Å². The van der Waals surface area contributed by atoms with Crippen LogP contribution in [0.3, 0.4) is 0 Å². The predicted molar refractivity (Wildman–Crippen MR) is 71.6 cm³/mol. The molecule has 0 radical (unpaired) electrons. The van der Waals surface area contributed by atoms with Crippen LogP contribution in [-0.4, -0.2) is 32.7 Å². The zero-order valence-corrected chi connectivity index (χ0v) is 11.2. The lowest BCUT2D eigenvalue weighted by Crippen LogP contribution is -2.58. The molecule has 0 aromatic heterocycles. The number of carbonyl (C=O) groups excluding carboxylic acids is 1. The molecule has 1 aromatic rings. The summed E-state index contributed by atoms with van der Waals surface area (Å²) in [4.78, 5) is 14.2. The van der Waals surface area contributed by atoms with Crippen LogP contribution in [-0.2, 0) is 9.53 Å². The van der Waals surface area contributed by atoms with E-state index in [1.54, 1.807) is 11.9 Å². The van der Waals surface area contributed by atoms with Crippen LogP contribution in [0.5, 0.6) is 0 Å². The second-order valence-electron chi connectivity index (χ2n) is 5.13. The molecule has 18 heavy (non-hydrogen) atoms. The maximum Gasteiger partial charge on any atom is 0.238 e. The van der Waals surface area contributed by atoms with Gasteiger partial charge in [0.15, 0.2) is 0 Å². The van der Waals surface area contributed by atoms with Gasteiger partial charge >= 0.3 is 0 Å². The number of nitrogens with two attached hydrogens (primary N) is 1. The summed E-state index contributed by atoms with van der Waals surface area (Å²) in [5.41, 5.74) is 8.37. The molecule has 0 atom stereocenters. The first-order valence-corrected chi connectivity index (χ1v) is 6.13. The van der Waals surface area contributed by atoms with E-state index in [0.717, 1.165) is 16.8 Å². The van der Waals surface area contributed by atoms with Crippen LogP contribution in [0.1, 0.15) is 11.1 Å². The van der Waals surface area contributed by atoms with Crippen molar-refractivity contribution in [1.29, 1.82) is 0 Å². The van der Waals surface area contributed by atoms with Crippen molar-refractivity contribution in [1.82, 2.24) is 0 Å². The summed E-state index contributed by atoms with van der Waals surface area (Å²) in [6.07, 6.45) is 0. The Hall–Kier alpha value is -1.39. The van der Waals surface area contributed by atoms with Crippen LogP contribution in [0.4, 0.5) is 5.69 Å². The average molecular weight is 248 g/mol. The summed E-state index contributed by atoms with van der Waals surface area (Å²) in [7, 11) is 1.81. The molecule has 98 valence electrons. The van der Waals surface area contributed by atoms with Crippen molar-refractivity contribution in [2.24, 2.45) is 11.1 Å². The Labute approximate surface area is 108 Å². The van der Waals surface area contributed by atoms with Gasteiger partial charge in [0.25, 0.3) is 0 Å². The van der Waals surface area contributed by atoms with Crippen molar-refractivity contribution in [3.05, 3.63) is 29.3 Å². The maximum atomic E-state index is 12.5. The zero-order valence-electron chi connectivity index (χ0n) is 11.2. The normalized spacial score (nSPS) is 17.1. The van der Waals surface area contributed by atoms with Gasteiger partial charge in [-0.3, -0.25) is 4.79 Å². The van der Waals surface area contributed by atoms with Gasteiger partial charge in [-0.25, -0.2) is 0 Å². The van der Waals surface area contributed by atoms with E-state index in [0.29, 0.717) is 19.8 Å². The molecule has 1 fully saturated rings. The topological polar surface area (TPSA) is 55.6 Å². The lowest BCUT2D eigenvalue weighted by Gasteiger charge is -2.41. The first kappa shape index (κ1) is 13.1. The molecule has 4 heteroatoms. The molecule has 1 saturated heterocycles. The number of aryl methyl sites for hydroxylation is 2. The van der Waals surface area contributed by atoms with Crippen LogP contribution in [0.25, 0.3) is 0 Å². The average Bonchev–Trinajstić information content (AvgIpc) is 2.30. The van der Waals surface area contributed by atoms with E-state index in [4.69, 9.17) is 10.5 Å². The van der Waals surface area contributed by atoms with Crippen molar-refractivity contribution in [3.8, 4) is 0 Å². The van der Waals surface area contributed by atoms with E-state index < -0.39 is 5.41 Å². The molecule has 2 N–H and O–H groups in total. The molecule has 1 aromatic carbocycles. The summed E-state index contributed by atoms with van der Waals surface area (Å²) < 4.78 is 5.16. The minimum atomic E-state index is -0.523. The number of hydrogen-bond acceptors (Lipinski definition) is 3. The minimum absolute atomic E-state index is 0.0463. The van der Waals surface area contributed by atoms with E-state index in [2.05, 4.69) is 0 Å². The number of benzene rings is 1. The van der Waals surface area contributed by atoms with E-state index in [9.17, 15) is 4.79 Å². The number of ether oxygens (including phenoxy) is 1. The minimum Gasteiger partial charge on any atom is -0.379 e. The predicted octanol–water partition coefficient (Wildman–Crippen LogP) is 1.24. The van der Waals surface area contributed by atoms with E-state index >= 15 is 0 Å². The number of rotatable bonds is 3. The van der Waals surface area contributed by atoms with Crippen molar-refractivity contribution >= 4 is 11.6 Å². The summed E-state index contributed by atoms with van der Waals surface area (Å²) in [6.45, 7) is 5.22. The molecule has 1 amide bonds. The molecular weight excluding hydrogens is 228 g/mol. The van der Waals surface area contributed by atoms with Crippen LogP contribution >= 0.6 is 0 Å². The first-order chi connectivity index (χ1) is 8.50. The van der Waals surface area contributed by atoms with Gasteiger partial charge in [-0.05, 0) is 31.0 Å². The van der Waals surface area contributed by atoms with Gasteiger partial charge in [-0.15, -0.1) is 0 Å². The van der Waals surface area contributed by atoms with Crippen LogP contribution in [0.2, 0.25) is 0 Å². The Balaban J connectivity index is 2.28. The third-order valence-electron chi connectivity index (χ3n) is 3.63. The number of amides is 1.